The van der Waals surface area contributed by atoms with E-state index < -0.39 is 11.9 Å². The number of methoxy groups -OCH3 is 2. The zero-order valence-electron chi connectivity index (χ0n) is 11.6. The summed E-state index contributed by atoms with van der Waals surface area (Å²) in [5, 5.41) is 0.518. The highest BCUT2D eigenvalue weighted by molar-refractivity contribution is 6.31. The first-order valence-corrected chi connectivity index (χ1v) is 6.30. The molecule has 7 heteroatoms. The largest absolute Gasteiger partial charge is 0.464 e. The number of carbonyl (C=O) groups is 2. The van der Waals surface area contributed by atoms with Gasteiger partial charge in [-0.2, -0.15) is 0 Å². The van der Waals surface area contributed by atoms with Gasteiger partial charge in [-0.05, 0) is 24.6 Å². The van der Waals surface area contributed by atoms with Crippen molar-refractivity contribution in [3.05, 3.63) is 40.2 Å². The summed E-state index contributed by atoms with van der Waals surface area (Å²) >= 11 is 6.04. The fourth-order valence-corrected chi connectivity index (χ4v) is 1.92. The van der Waals surface area contributed by atoms with E-state index in [-0.39, 0.29) is 17.3 Å². The van der Waals surface area contributed by atoms with Crippen LogP contribution in [0.25, 0.3) is 11.5 Å². The Kier molecular flexibility index (Phi) is 4.28. The molecule has 0 aliphatic heterocycles. The fourth-order valence-electron chi connectivity index (χ4n) is 1.74. The number of hydrogen-bond donors (Lipinski definition) is 0. The van der Waals surface area contributed by atoms with Gasteiger partial charge < -0.3 is 13.9 Å². The molecule has 1 heterocycles. The van der Waals surface area contributed by atoms with Gasteiger partial charge >= 0.3 is 11.9 Å². The molecule has 0 atom stereocenters. The average molecular weight is 310 g/mol. The van der Waals surface area contributed by atoms with Crippen molar-refractivity contribution in [3.8, 4) is 11.5 Å². The van der Waals surface area contributed by atoms with Crippen molar-refractivity contribution in [1.29, 1.82) is 0 Å². The molecule has 6 nitrogen and oxygen atoms in total. The molecule has 0 fully saturated rings. The monoisotopic (exact) mass is 309 g/mol. The molecule has 110 valence electrons. The summed E-state index contributed by atoms with van der Waals surface area (Å²) < 4.78 is 14.5. The Morgan fingerprint density at radius 1 is 1.19 bits per heavy atom. The maximum atomic E-state index is 11.7. The van der Waals surface area contributed by atoms with Crippen LogP contribution >= 0.6 is 11.6 Å². The molecule has 1 aromatic heterocycles. The summed E-state index contributed by atoms with van der Waals surface area (Å²) in [6, 6.07) is 5.14. The van der Waals surface area contributed by atoms with Gasteiger partial charge in [0.1, 0.15) is 0 Å². The van der Waals surface area contributed by atoms with Gasteiger partial charge in [0.25, 0.3) is 0 Å². The molecule has 0 saturated carbocycles. The number of rotatable bonds is 3. The smallest absolute Gasteiger partial charge is 0.376 e. The SMILES string of the molecule is COC(=O)c1nc(-c2cccc(Cl)c2C)oc1C(=O)OC. The molecule has 0 N–H and O–H groups in total. The molecule has 21 heavy (non-hydrogen) atoms. The lowest BCUT2D eigenvalue weighted by Crippen LogP contribution is -2.10. The minimum Gasteiger partial charge on any atom is -0.464 e. The molecule has 2 aromatic rings. The van der Waals surface area contributed by atoms with Crippen LogP contribution < -0.4 is 0 Å². The van der Waals surface area contributed by atoms with Crippen molar-refractivity contribution < 1.29 is 23.5 Å². The maximum absolute atomic E-state index is 11.7. The van der Waals surface area contributed by atoms with Crippen LogP contribution in [0, 0.1) is 6.92 Å². The van der Waals surface area contributed by atoms with E-state index in [9.17, 15) is 9.59 Å². The first-order valence-electron chi connectivity index (χ1n) is 5.92. The average Bonchev–Trinajstić information content (AvgIpc) is 2.93. The lowest BCUT2D eigenvalue weighted by Gasteiger charge is -2.02. The van der Waals surface area contributed by atoms with Gasteiger partial charge in [0.2, 0.25) is 17.3 Å². The summed E-state index contributed by atoms with van der Waals surface area (Å²) in [4.78, 5) is 27.4. The molecule has 2 rings (SSSR count). The second-order valence-electron chi connectivity index (χ2n) is 4.09. The number of carbonyl (C=O) groups excluding carboxylic acids is 2. The Balaban J connectivity index is 2.61. The Bertz CT molecular complexity index is 674. The number of hydrogen-bond acceptors (Lipinski definition) is 6. The lowest BCUT2D eigenvalue weighted by molar-refractivity contribution is 0.0527. The quantitative estimate of drug-likeness (QED) is 0.811. The minimum atomic E-state index is -0.811. The normalized spacial score (nSPS) is 10.3. The van der Waals surface area contributed by atoms with Crippen LogP contribution in [-0.4, -0.2) is 31.1 Å². The number of halogens is 1. The molecule has 0 saturated heterocycles. The van der Waals surface area contributed by atoms with Crippen molar-refractivity contribution in [2.75, 3.05) is 14.2 Å². The number of esters is 2. The minimum absolute atomic E-state index is 0.0933. The second-order valence-corrected chi connectivity index (χ2v) is 4.50. The van der Waals surface area contributed by atoms with Crippen LogP contribution in [0.3, 0.4) is 0 Å². The van der Waals surface area contributed by atoms with Crippen LogP contribution in [0.1, 0.15) is 26.6 Å². The fraction of sp³-hybridized carbons (Fsp3) is 0.214. The summed E-state index contributed by atoms with van der Waals surface area (Å²) in [5.74, 6) is -1.81. The van der Waals surface area contributed by atoms with Crippen molar-refractivity contribution in [3.63, 3.8) is 0 Å². The number of nitrogens with zero attached hydrogens (tertiary/aromatic N) is 1. The summed E-state index contributed by atoms with van der Waals surface area (Å²) in [5.41, 5.74) is 1.05. The summed E-state index contributed by atoms with van der Waals surface area (Å²) in [6.07, 6.45) is 0. The molecule has 0 unspecified atom stereocenters. The molecule has 0 aliphatic rings. The van der Waals surface area contributed by atoms with E-state index in [1.807, 2.05) is 0 Å². The third-order valence-corrected chi connectivity index (χ3v) is 3.28. The van der Waals surface area contributed by atoms with E-state index in [1.54, 1.807) is 25.1 Å². The highest BCUT2D eigenvalue weighted by Gasteiger charge is 2.28. The Morgan fingerprint density at radius 2 is 1.86 bits per heavy atom. The highest BCUT2D eigenvalue weighted by atomic mass is 35.5. The van der Waals surface area contributed by atoms with Gasteiger partial charge in [0.15, 0.2) is 0 Å². The maximum Gasteiger partial charge on any atom is 0.376 e. The first-order chi connectivity index (χ1) is 9.99. The summed E-state index contributed by atoms with van der Waals surface area (Å²) in [7, 11) is 2.36. The lowest BCUT2D eigenvalue weighted by atomic mass is 10.1. The zero-order valence-corrected chi connectivity index (χ0v) is 12.4. The van der Waals surface area contributed by atoms with Crippen molar-refractivity contribution >= 4 is 23.5 Å². The Labute approximate surface area is 125 Å². The van der Waals surface area contributed by atoms with E-state index >= 15 is 0 Å². The van der Waals surface area contributed by atoms with Crippen LogP contribution in [0.5, 0.6) is 0 Å². The van der Waals surface area contributed by atoms with Crippen LogP contribution in [0.15, 0.2) is 22.6 Å². The predicted octanol–water partition coefficient (Wildman–Crippen LogP) is 2.88. The number of ether oxygens (including phenoxy) is 2. The van der Waals surface area contributed by atoms with E-state index in [0.29, 0.717) is 16.1 Å². The van der Waals surface area contributed by atoms with Gasteiger partial charge in [0.05, 0.1) is 14.2 Å². The molecule has 0 aliphatic carbocycles. The van der Waals surface area contributed by atoms with Crippen LogP contribution in [-0.2, 0) is 9.47 Å². The van der Waals surface area contributed by atoms with Gasteiger partial charge in [-0.25, -0.2) is 14.6 Å². The number of aromatic nitrogens is 1. The van der Waals surface area contributed by atoms with E-state index in [4.69, 9.17) is 16.0 Å². The van der Waals surface area contributed by atoms with Gasteiger partial charge in [-0.15, -0.1) is 0 Å². The molecule has 0 amide bonds. The van der Waals surface area contributed by atoms with Gasteiger partial charge in [-0.1, -0.05) is 17.7 Å². The zero-order chi connectivity index (χ0) is 15.6. The van der Waals surface area contributed by atoms with E-state index in [0.717, 1.165) is 0 Å². The Morgan fingerprint density at radius 3 is 2.48 bits per heavy atom. The second kappa shape index (κ2) is 5.97. The van der Waals surface area contributed by atoms with Crippen molar-refractivity contribution in [2.24, 2.45) is 0 Å². The van der Waals surface area contributed by atoms with Gasteiger partial charge in [-0.3, -0.25) is 0 Å². The number of oxazole rings is 1. The van der Waals surface area contributed by atoms with Crippen LogP contribution in [0.2, 0.25) is 5.02 Å². The highest BCUT2D eigenvalue weighted by Crippen LogP contribution is 2.29. The molecule has 0 radical (unpaired) electrons. The van der Waals surface area contributed by atoms with Crippen molar-refractivity contribution in [1.82, 2.24) is 4.98 Å². The van der Waals surface area contributed by atoms with E-state index in [1.165, 1.54) is 14.2 Å². The molecular weight excluding hydrogens is 298 g/mol. The molecular formula is C14H12ClNO5. The molecule has 0 bridgehead atoms. The predicted molar refractivity (Wildman–Crippen MR) is 74.4 cm³/mol. The Hall–Kier alpha value is -2.34. The van der Waals surface area contributed by atoms with Crippen LogP contribution in [0.4, 0.5) is 0 Å². The third kappa shape index (κ3) is 2.75. The standard InChI is InChI=1S/C14H12ClNO5/c1-7-8(5-4-6-9(7)15)12-16-10(13(17)19-2)11(21-12)14(18)20-3/h4-6H,1-3H3. The molecule has 1 aromatic carbocycles. The number of benzene rings is 1. The molecule has 0 spiro atoms. The van der Waals surface area contributed by atoms with Crippen molar-refractivity contribution in [2.45, 2.75) is 6.92 Å². The first kappa shape index (κ1) is 15.1. The third-order valence-electron chi connectivity index (χ3n) is 2.87. The van der Waals surface area contributed by atoms with E-state index in [2.05, 4.69) is 14.5 Å². The summed E-state index contributed by atoms with van der Waals surface area (Å²) in [6.45, 7) is 1.78. The topological polar surface area (TPSA) is 78.6 Å². The van der Waals surface area contributed by atoms with Gasteiger partial charge in [0, 0.05) is 10.6 Å².